The summed E-state index contributed by atoms with van der Waals surface area (Å²) in [5.74, 6) is -0.433. The molecule has 0 aromatic carbocycles. The van der Waals surface area contributed by atoms with Crippen molar-refractivity contribution in [2.45, 2.75) is 25.0 Å². The molecule has 0 amide bonds. The largest absolute Gasteiger partial charge is 0.481 e. The molecule has 2 atom stereocenters. The normalized spacial score (nSPS) is 25.8. The summed E-state index contributed by atoms with van der Waals surface area (Å²) in [6.45, 7) is 1.81. The van der Waals surface area contributed by atoms with Crippen molar-refractivity contribution in [3.63, 3.8) is 0 Å². The Morgan fingerprint density at radius 2 is 2.50 bits per heavy atom. The van der Waals surface area contributed by atoms with Gasteiger partial charge >= 0.3 is 5.97 Å². The number of carboxylic acid groups (broad SMARTS) is 1. The Bertz CT molecular complexity index is 202. The van der Waals surface area contributed by atoms with Crippen LogP contribution in [0.3, 0.4) is 0 Å². The van der Waals surface area contributed by atoms with Gasteiger partial charge in [0.05, 0.1) is 11.2 Å². The van der Waals surface area contributed by atoms with Crippen LogP contribution in [0, 0.1) is 5.92 Å². The van der Waals surface area contributed by atoms with Gasteiger partial charge in [0.1, 0.15) is 5.78 Å². The van der Waals surface area contributed by atoms with Gasteiger partial charge in [0.15, 0.2) is 0 Å². The fourth-order valence-corrected chi connectivity index (χ4v) is 2.80. The van der Waals surface area contributed by atoms with Gasteiger partial charge in [-0.05, 0) is 6.42 Å². The molecule has 1 fully saturated rings. The van der Waals surface area contributed by atoms with Crippen LogP contribution in [0.2, 0.25) is 0 Å². The van der Waals surface area contributed by atoms with Crippen molar-refractivity contribution >= 4 is 23.5 Å². The number of carboxylic acids is 1. The number of thioether (sulfide) groups is 1. The Kier molecular flexibility index (Phi) is 3.14. The topological polar surface area (TPSA) is 54.4 Å². The quantitative estimate of drug-likeness (QED) is 0.722. The first-order valence-corrected chi connectivity index (χ1v) is 5.08. The molecule has 1 rings (SSSR count). The predicted molar refractivity (Wildman–Crippen MR) is 47.3 cm³/mol. The first kappa shape index (κ1) is 9.58. The van der Waals surface area contributed by atoms with Crippen LogP contribution < -0.4 is 0 Å². The Balaban J connectivity index is 2.65. The highest BCUT2D eigenvalue weighted by molar-refractivity contribution is 8.01. The lowest BCUT2D eigenvalue weighted by Gasteiger charge is -2.14. The van der Waals surface area contributed by atoms with Gasteiger partial charge in [-0.15, -0.1) is 11.8 Å². The molecule has 1 saturated heterocycles. The number of aliphatic carboxylic acids is 1. The van der Waals surface area contributed by atoms with E-state index in [2.05, 4.69) is 0 Å². The molecule has 0 aromatic rings. The number of carbonyl (C=O) groups is 2. The van der Waals surface area contributed by atoms with Crippen molar-refractivity contribution in [3.8, 4) is 0 Å². The monoisotopic (exact) mass is 188 g/mol. The fourth-order valence-electron chi connectivity index (χ4n) is 1.38. The van der Waals surface area contributed by atoms with Gasteiger partial charge in [-0.1, -0.05) is 6.92 Å². The van der Waals surface area contributed by atoms with Crippen LogP contribution in [0.15, 0.2) is 0 Å². The minimum atomic E-state index is -0.842. The van der Waals surface area contributed by atoms with E-state index in [9.17, 15) is 9.59 Å². The molecular formula is C8H12O3S. The maximum atomic E-state index is 11.2. The maximum absolute atomic E-state index is 11.2. The molecule has 1 heterocycles. The molecule has 0 saturated carbocycles. The van der Waals surface area contributed by atoms with Crippen LogP contribution in [-0.2, 0) is 9.59 Å². The van der Waals surface area contributed by atoms with Gasteiger partial charge < -0.3 is 5.11 Å². The van der Waals surface area contributed by atoms with Gasteiger partial charge in [-0.3, -0.25) is 9.59 Å². The highest BCUT2D eigenvalue weighted by Crippen LogP contribution is 2.31. The zero-order valence-electron chi connectivity index (χ0n) is 6.95. The Labute approximate surface area is 75.5 Å². The Morgan fingerprint density at radius 3 is 2.83 bits per heavy atom. The van der Waals surface area contributed by atoms with Crippen molar-refractivity contribution in [3.05, 3.63) is 0 Å². The van der Waals surface area contributed by atoms with Crippen molar-refractivity contribution in [1.29, 1.82) is 0 Å². The molecule has 3 nitrogen and oxygen atoms in total. The van der Waals surface area contributed by atoms with Gasteiger partial charge in [-0.25, -0.2) is 0 Å². The molecule has 12 heavy (non-hydrogen) atoms. The second-order valence-electron chi connectivity index (χ2n) is 2.86. The second kappa shape index (κ2) is 3.94. The van der Waals surface area contributed by atoms with E-state index in [-0.39, 0.29) is 11.0 Å². The van der Waals surface area contributed by atoms with Crippen LogP contribution in [0.25, 0.3) is 0 Å². The average molecular weight is 188 g/mol. The smallest absolute Gasteiger partial charge is 0.308 e. The summed E-state index contributed by atoms with van der Waals surface area (Å²) < 4.78 is 0. The summed E-state index contributed by atoms with van der Waals surface area (Å²) in [5.41, 5.74) is 0. The average Bonchev–Trinajstić information content (AvgIpc) is 2.38. The first-order chi connectivity index (χ1) is 5.66. The van der Waals surface area contributed by atoms with Gasteiger partial charge in [0.2, 0.25) is 0 Å². The minimum Gasteiger partial charge on any atom is -0.481 e. The minimum absolute atomic E-state index is 0.106. The Hall–Kier alpha value is -0.510. The van der Waals surface area contributed by atoms with Gasteiger partial charge in [-0.2, -0.15) is 0 Å². The summed E-state index contributed by atoms with van der Waals surface area (Å²) in [5, 5.41) is 8.50. The van der Waals surface area contributed by atoms with E-state index in [4.69, 9.17) is 5.11 Å². The summed E-state index contributed by atoms with van der Waals surface area (Å²) in [6.07, 6.45) is 1.08. The number of rotatable bonds is 3. The third-order valence-electron chi connectivity index (χ3n) is 2.09. The third-order valence-corrected chi connectivity index (χ3v) is 3.48. The lowest BCUT2D eigenvalue weighted by Crippen LogP contribution is -2.28. The van der Waals surface area contributed by atoms with Crippen LogP contribution in [0.5, 0.6) is 0 Å². The van der Waals surface area contributed by atoms with E-state index in [1.54, 1.807) is 0 Å². The van der Waals surface area contributed by atoms with Crippen molar-refractivity contribution < 1.29 is 14.7 Å². The number of hydrogen-bond donors (Lipinski definition) is 1. The molecule has 2 unspecified atom stereocenters. The molecule has 1 aliphatic heterocycles. The van der Waals surface area contributed by atoms with E-state index in [0.717, 1.165) is 5.75 Å². The molecule has 68 valence electrons. The molecule has 0 radical (unpaired) electrons. The third kappa shape index (κ3) is 1.80. The van der Waals surface area contributed by atoms with Crippen molar-refractivity contribution in [2.24, 2.45) is 5.92 Å². The zero-order valence-corrected chi connectivity index (χ0v) is 7.76. The molecule has 1 aliphatic rings. The Morgan fingerprint density at radius 1 is 1.83 bits per heavy atom. The van der Waals surface area contributed by atoms with Crippen molar-refractivity contribution in [1.82, 2.24) is 0 Å². The number of ketones is 1. The van der Waals surface area contributed by atoms with E-state index in [1.807, 2.05) is 6.92 Å². The second-order valence-corrected chi connectivity index (χ2v) is 4.11. The lowest BCUT2D eigenvalue weighted by atomic mass is 9.98. The summed E-state index contributed by atoms with van der Waals surface area (Å²) in [4.78, 5) is 21.9. The van der Waals surface area contributed by atoms with Crippen LogP contribution in [-0.4, -0.2) is 27.9 Å². The predicted octanol–water partition coefficient (Wildman–Crippen LogP) is 1.17. The zero-order chi connectivity index (χ0) is 9.14. The molecule has 0 aromatic heterocycles. The summed E-state index contributed by atoms with van der Waals surface area (Å²) in [6, 6.07) is 0. The highest BCUT2D eigenvalue weighted by Gasteiger charge is 2.35. The number of hydrogen-bond acceptors (Lipinski definition) is 3. The fraction of sp³-hybridized carbons (Fsp3) is 0.750. The summed E-state index contributed by atoms with van der Waals surface area (Å²) >= 11 is 1.48. The van der Waals surface area contributed by atoms with Crippen LogP contribution in [0.1, 0.15) is 19.8 Å². The summed E-state index contributed by atoms with van der Waals surface area (Å²) in [7, 11) is 0. The lowest BCUT2D eigenvalue weighted by molar-refractivity contribution is -0.143. The molecule has 1 N–H and O–H groups in total. The molecule has 0 aliphatic carbocycles. The standard InChI is InChI=1S/C8H12O3S/c1-2-5(8(10)11)7-6(9)3-4-12-7/h5,7H,2-4H2,1H3,(H,10,11). The molecule has 0 bridgehead atoms. The SMILES string of the molecule is CCC(C(=O)O)C1SCCC1=O. The first-order valence-electron chi connectivity index (χ1n) is 4.04. The van der Waals surface area contributed by atoms with Crippen LogP contribution >= 0.6 is 11.8 Å². The maximum Gasteiger partial charge on any atom is 0.308 e. The van der Waals surface area contributed by atoms with E-state index < -0.39 is 11.9 Å². The van der Waals surface area contributed by atoms with Crippen molar-refractivity contribution in [2.75, 3.05) is 5.75 Å². The highest BCUT2D eigenvalue weighted by atomic mass is 32.2. The number of Topliss-reactive ketones (excluding diaryl/α,β-unsaturated/α-hetero) is 1. The van der Waals surface area contributed by atoms with Crippen LogP contribution in [0.4, 0.5) is 0 Å². The number of carbonyl (C=O) groups excluding carboxylic acids is 1. The van der Waals surface area contributed by atoms with Gasteiger partial charge in [0, 0.05) is 12.2 Å². The van der Waals surface area contributed by atoms with E-state index >= 15 is 0 Å². The van der Waals surface area contributed by atoms with E-state index in [1.165, 1.54) is 11.8 Å². The molecule has 0 spiro atoms. The van der Waals surface area contributed by atoms with Gasteiger partial charge in [0.25, 0.3) is 0 Å². The molecular weight excluding hydrogens is 176 g/mol. The molecule has 4 heteroatoms. The van der Waals surface area contributed by atoms with E-state index in [0.29, 0.717) is 12.8 Å².